The van der Waals surface area contributed by atoms with Gasteiger partial charge in [0.05, 0.1) is 39.8 Å². The third-order valence-corrected chi connectivity index (χ3v) is 5.73. The van der Waals surface area contributed by atoms with Gasteiger partial charge in [0, 0.05) is 21.5 Å². The highest BCUT2D eigenvalue weighted by Crippen LogP contribution is 2.41. The largest absolute Gasteiger partial charge is 0.308 e. The van der Waals surface area contributed by atoms with Crippen LogP contribution in [0.2, 0.25) is 0 Å². The molecule has 6 rings (SSSR count). The Morgan fingerprint density at radius 2 is 1.03 bits per heavy atom. The first-order valence-electron chi connectivity index (χ1n) is 9.41. The van der Waals surface area contributed by atoms with Gasteiger partial charge >= 0.3 is 0 Å². The predicted molar refractivity (Wildman–Crippen MR) is 116 cm³/mol. The summed E-state index contributed by atoms with van der Waals surface area (Å²) in [6.45, 7) is 0. The number of aromatic nitrogens is 1. The lowest BCUT2D eigenvalue weighted by atomic mass is 9.97. The lowest BCUT2D eigenvalue weighted by Crippen LogP contribution is -1.85. The molecule has 4 aromatic carbocycles. The summed E-state index contributed by atoms with van der Waals surface area (Å²) in [7, 11) is 0. The first kappa shape index (κ1) is 15.7. The van der Waals surface area contributed by atoms with E-state index in [1.807, 2.05) is 12.1 Å². The number of nitriles is 2. The van der Waals surface area contributed by atoms with Crippen molar-refractivity contribution >= 4 is 38.1 Å². The zero-order chi connectivity index (χ0) is 19.5. The van der Waals surface area contributed by atoms with Crippen LogP contribution in [0.4, 0.5) is 0 Å². The van der Waals surface area contributed by atoms with Gasteiger partial charge in [0.1, 0.15) is 0 Å². The van der Waals surface area contributed by atoms with Gasteiger partial charge in [-0.3, -0.25) is 0 Å². The van der Waals surface area contributed by atoms with Gasteiger partial charge in [-0.2, -0.15) is 10.5 Å². The van der Waals surface area contributed by atoms with Crippen molar-refractivity contribution in [2.45, 2.75) is 0 Å². The maximum absolute atomic E-state index is 9.39. The second-order valence-corrected chi connectivity index (χ2v) is 7.31. The highest BCUT2D eigenvalue weighted by molar-refractivity contribution is 6.24. The number of para-hydroxylation sites is 2. The van der Waals surface area contributed by atoms with Gasteiger partial charge in [-0.25, -0.2) is 0 Å². The van der Waals surface area contributed by atoms with E-state index in [1.54, 1.807) is 6.07 Å². The summed E-state index contributed by atoms with van der Waals surface area (Å²) in [6.07, 6.45) is 0. The molecule has 0 spiro atoms. The zero-order valence-electron chi connectivity index (χ0n) is 15.3. The topological polar surface area (TPSA) is 52.0 Å². The van der Waals surface area contributed by atoms with Gasteiger partial charge in [0.2, 0.25) is 0 Å². The van der Waals surface area contributed by atoms with Crippen molar-refractivity contribution in [3.05, 3.63) is 90.0 Å². The monoisotopic (exact) mass is 367 g/mol. The number of rotatable bonds is 1. The van der Waals surface area contributed by atoms with Gasteiger partial charge in [-0.15, -0.1) is 0 Å². The van der Waals surface area contributed by atoms with E-state index in [-0.39, 0.29) is 0 Å². The molecule has 0 radical (unpaired) electrons. The molecule has 3 heteroatoms. The second-order valence-electron chi connectivity index (χ2n) is 7.31. The van der Waals surface area contributed by atoms with Crippen LogP contribution in [0.25, 0.3) is 49.2 Å². The highest BCUT2D eigenvalue weighted by atomic mass is 14.9. The van der Waals surface area contributed by atoms with Crippen LogP contribution in [0.1, 0.15) is 11.1 Å². The molecular weight excluding hydrogens is 354 g/mol. The third kappa shape index (κ3) is 2.05. The first-order chi connectivity index (χ1) is 14.3. The van der Waals surface area contributed by atoms with Crippen LogP contribution in [0.3, 0.4) is 0 Å². The zero-order valence-corrected chi connectivity index (χ0v) is 15.3. The molecule has 29 heavy (non-hydrogen) atoms. The van der Waals surface area contributed by atoms with E-state index in [0.717, 1.165) is 11.1 Å². The predicted octanol–water partition coefficient (Wildman–Crippen LogP) is 6.25. The molecule has 0 aliphatic heterocycles. The average Bonchev–Trinajstić information content (AvgIpc) is 3.30. The number of fused-ring (bicyclic) bond motifs is 6. The van der Waals surface area contributed by atoms with Gasteiger partial charge in [0.15, 0.2) is 0 Å². The van der Waals surface area contributed by atoms with Crippen LogP contribution in [0.15, 0.2) is 78.9 Å². The molecule has 0 unspecified atom stereocenters. The molecule has 2 heterocycles. The van der Waals surface area contributed by atoms with E-state index < -0.39 is 0 Å². The van der Waals surface area contributed by atoms with Gasteiger partial charge in [-0.05, 0) is 53.6 Å². The van der Waals surface area contributed by atoms with Crippen molar-refractivity contribution in [2.75, 3.05) is 0 Å². The highest BCUT2D eigenvalue weighted by Gasteiger charge is 2.18. The maximum atomic E-state index is 9.39. The van der Waals surface area contributed by atoms with Crippen molar-refractivity contribution in [1.82, 2.24) is 4.40 Å². The molecule has 132 valence electrons. The molecule has 0 saturated heterocycles. The van der Waals surface area contributed by atoms with E-state index >= 15 is 0 Å². The summed E-state index contributed by atoms with van der Waals surface area (Å²) < 4.78 is 2.34. The normalized spacial score (nSPS) is 11.4. The Labute approximate surface area is 166 Å². The van der Waals surface area contributed by atoms with Crippen LogP contribution in [0.5, 0.6) is 0 Å². The Balaban J connectivity index is 1.82. The Hall–Kier alpha value is -4.34. The minimum absolute atomic E-state index is 0.499. The van der Waals surface area contributed by atoms with Crippen LogP contribution in [-0.4, -0.2) is 4.40 Å². The van der Waals surface area contributed by atoms with E-state index in [1.165, 1.54) is 38.1 Å². The Bertz CT molecular complexity index is 1560. The minimum Gasteiger partial charge on any atom is -0.308 e. The molecule has 0 saturated carbocycles. The van der Waals surface area contributed by atoms with E-state index in [2.05, 4.69) is 77.2 Å². The first-order valence-corrected chi connectivity index (χ1v) is 9.41. The molecule has 0 fully saturated rings. The fourth-order valence-electron chi connectivity index (χ4n) is 4.54. The van der Waals surface area contributed by atoms with Crippen molar-refractivity contribution in [3.8, 4) is 23.3 Å². The average molecular weight is 367 g/mol. The molecule has 0 N–H and O–H groups in total. The summed E-state index contributed by atoms with van der Waals surface area (Å²) in [5.74, 6) is 0. The van der Waals surface area contributed by atoms with Gasteiger partial charge < -0.3 is 4.40 Å². The number of benzene rings is 4. The summed E-state index contributed by atoms with van der Waals surface area (Å²) in [5.41, 5.74) is 6.49. The molecular formula is C26H13N3. The minimum atomic E-state index is 0.499. The third-order valence-electron chi connectivity index (χ3n) is 5.73. The maximum Gasteiger partial charge on any atom is 0.0992 e. The number of hydrogen-bond acceptors (Lipinski definition) is 2. The van der Waals surface area contributed by atoms with Gasteiger partial charge in [-0.1, -0.05) is 36.4 Å². The van der Waals surface area contributed by atoms with Crippen LogP contribution < -0.4 is 0 Å². The fourth-order valence-corrected chi connectivity index (χ4v) is 4.54. The molecule has 0 aliphatic carbocycles. The lowest BCUT2D eigenvalue weighted by molar-refractivity contribution is 1.37. The van der Waals surface area contributed by atoms with Crippen molar-refractivity contribution in [1.29, 1.82) is 10.5 Å². The second kappa shape index (κ2) is 5.58. The summed E-state index contributed by atoms with van der Waals surface area (Å²) in [4.78, 5) is 0. The molecule has 0 bridgehead atoms. The molecule has 3 nitrogen and oxygen atoms in total. The standard InChI is InChI=1S/C26H13N3/c27-14-16-9-17(15-28)11-18(10-16)19-12-22-20-5-1-3-7-24(20)29-25-8-4-2-6-21(25)23(13-19)26(22)29/h1-13H. The number of hydrogen-bond donors (Lipinski definition) is 0. The lowest BCUT2D eigenvalue weighted by Gasteiger charge is -2.05. The SMILES string of the molecule is N#Cc1cc(C#N)cc(-c2cc3c4ccccc4n4c5ccccc5c(c2)c34)c1. The Kier molecular flexibility index (Phi) is 3.02. The Morgan fingerprint density at radius 1 is 0.552 bits per heavy atom. The summed E-state index contributed by atoms with van der Waals surface area (Å²) in [6, 6.07) is 30.9. The van der Waals surface area contributed by atoms with E-state index in [0.29, 0.717) is 11.1 Å². The summed E-state index contributed by atoms with van der Waals surface area (Å²) >= 11 is 0. The van der Waals surface area contributed by atoms with Crippen molar-refractivity contribution in [3.63, 3.8) is 0 Å². The smallest absolute Gasteiger partial charge is 0.0992 e. The van der Waals surface area contributed by atoms with Crippen LogP contribution in [0, 0.1) is 22.7 Å². The molecule has 0 atom stereocenters. The van der Waals surface area contributed by atoms with E-state index in [4.69, 9.17) is 0 Å². The molecule has 6 aromatic rings. The van der Waals surface area contributed by atoms with Crippen molar-refractivity contribution in [2.24, 2.45) is 0 Å². The number of nitrogens with zero attached hydrogens (tertiary/aromatic N) is 3. The van der Waals surface area contributed by atoms with Crippen LogP contribution >= 0.6 is 0 Å². The molecule has 2 aromatic heterocycles. The van der Waals surface area contributed by atoms with Gasteiger partial charge in [0.25, 0.3) is 0 Å². The summed E-state index contributed by atoms with van der Waals surface area (Å²) in [5, 5.41) is 23.6. The quantitative estimate of drug-likeness (QED) is 0.345. The molecule has 0 amide bonds. The fraction of sp³-hybridized carbons (Fsp3) is 0. The Morgan fingerprint density at radius 3 is 1.55 bits per heavy atom. The van der Waals surface area contributed by atoms with Crippen molar-refractivity contribution < 1.29 is 0 Å². The van der Waals surface area contributed by atoms with E-state index in [9.17, 15) is 10.5 Å². The van der Waals surface area contributed by atoms with Crippen LogP contribution in [-0.2, 0) is 0 Å². The molecule has 0 aliphatic rings.